The molecule has 2 aromatic rings. The van der Waals surface area contributed by atoms with Crippen LogP contribution < -0.4 is 18.6 Å². The average Bonchev–Trinajstić information content (AvgIpc) is 2.96. The minimum atomic E-state index is -2.10. The molecule has 0 aliphatic rings. The lowest BCUT2D eigenvalue weighted by molar-refractivity contribution is 0.394. The van der Waals surface area contributed by atoms with Gasteiger partial charge in [-0.25, -0.2) is 8.93 Å². The third-order valence-electron chi connectivity index (χ3n) is 3.80. The largest absolute Gasteiger partial charge is 0.539 e. The Hall–Kier alpha value is -1.53. The van der Waals surface area contributed by atoms with Crippen molar-refractivity contribution in [1.29, 1.82) is 0 Å². The van der Waals surface area contributed by atoms with Gasteiger partial charge < -0.3 is 23.4 Å². The summed E-state index contributed by atoms with van der Waals surface area (Å²) in [5, 5.41) is 10.9. The van der Waals surface area contributed by atoms with Crippen molar-refractivity contribution in [3.63, 3.8) is 0 Å². The molecule has 8 nitrogen and oxygen atoms in total. The summed E-state index contributed by atoms with van der Waals surface area (Å²) in [4.78, 5) is -0.350. The van der Waals surface area contributed by atoms with Crippen molar-refractivity contribution in [2.45, 2.75) is 30.9 Å². The summed E-state index contributed by atoms with van der Waals surface area (Å²) in [6.07, 6.45) is 0.433. The van der Waals surface area contributed by atoms with Crippen LogP contribution in [0.4, 0.5) is 0 Å². The number of hydrogen-bond acceptors (Lipinski definition) is 6. The summed E-state index contributed by atoms with van der Waals surface area (Å²) in [7, 11) is 1.01. The lowest BCUT2D eigenvalue weighted by atomic mass is 10.1. The Labute approximate surface area is 182 Å². The van der Waals surface area contributed by atoms with Gasteiger partial charge in [0, 0.05) is 18.2 Å². The first kappa shape index (κ1) is 23.7. The minimum absolute atomic E-state index is 0.110. The first-order valence-electron chi connectivity index (χ1n) is 8.82. The van der Waals surface area contributed by atoms with E-state index in [0.29, 0.717) is 29.2 Å². The molecule has 0 bridgehead atoms. The van der Waals surface area contributed by atoms with Crippen LogP contribution in [0.15, 0.2) is 22.6 Å². The first-order chi connectivity index (χ1) is 13.6. The Balaban J connectivity index is 2.50. The Kier molecular flexibility index (Phi) is 8.17. The Morgan fingerprint density at radius 2 is 1.79 bits per heavy atom. The molecular formula is C18H26BrNO7SSi. The maximum absolute atomic E-state index is 10.9. The Morgan fingerprint density at radius 1 is 1.21 bits per heavy atom. The van der Waals surface area contributed by atoms with Crippen LogP contribution in [0, 0.1) is 0 Å². The van der Waals surface area contributed by atoms with E-state index in [9.17, 15) is 9.32 Å². The van der Waals surface area contributed by atoms with Crippen LogP contribution in [-0.2, 0) is 11.3 Å². The third kappa shape index (κ3) is 6.47. The molecule has 0 saturated carbocycles. The van der Waals surface area contributed by atoms with E-state index in [1.165, 1.54) is 0 Å². The lowest BCUT2D eigenvalue weighted by Crippen LogP contribution is -2.29. The highest BCUT2D eigenvalue weighted by atomic mass is 79.9. The SMILES string of the molecule is COc1cc(OC)cc(-c2oc(C(Br)CCNS(=O)O)c(O[Si](C)(C)C)c2O)c1. The second kappa shape index (κ2) is 9.98. The molecule has 3 N–H and O–H groups in total. The van der Waals surface area contributed by atoms with Crippen molar-refractivity contribution in [2.75, 3.05) is 20.8 Å². The fourth-order valence-electron chi connectivity index (χ4n) is 2.57. The maximum Gasteiger partial charge on any atom is 0.242 e. The number of ether oxygens (including phenoxy) is 2. The molecule has 1 aromatic heterocycles. The number of benzene rings is 1. The van der Waals surface area contributed by atoms with E-state index in [1.54, 1.807) is 32.4 Å². The van der Waals surface area contributed by atoms with Crippen molar-refractivity contribution in [3.05, 3.63) is 24.0 Å². The van der Waals surface area contributed by atoms with E-state index in [2.05, 4.69) is 20.7 Å². The van der Waals surface area contributed by atoms with Crippen LogP contribution >= 0.6 is 15.9 Å². The molecule has 0 radical (unpaired) electrons. The number of rotatable bonds is 10. The highest BCUT2D eigenvalue weighted by Crippen LogP contribution is 2.49. The Bertz CT molecular complexity index is 846. The van der Waals surface area contributed by atoms with Gasteiger partial charge in [-0.2, -0.15) is 0 Å². The predicted molar refractivity (Wildman–Crippen MR) is 118 cm³/mol. The number of alkyl halides is 1. The van der Waals surface area contributed by atoms with Crippen molar-refractivity contribution < 1.29 is 32.2 Å². The molecule has 2 atom stereocenters. The molecule has 2 rings (SSSR count). The molecule has 0 spiro atoms. The van der Waals surface area contributed by atoms with Crippen molar-refractivity contribution in [2.24, 2.45) is 0 Å². The molecule has 1 heterocycles. The molecule has 1 aromatic carbocycles. The second-order valence-electron chi connectivity index (χ2n) is 7.19. The number of hydrogen-bond donors (Lipinski definition) is 3. The molecule has 11 heteroatoms. The summed E-state index contributed by atoms with van der Waals surface area (Å²) in [5.74, 6) is 1.90. The zero-order chi connectivity index (χ0) is 21.8. The fourth-order valence-corrected chi connectivity index (χ4v) is 4.21. The van der Waals surface area contributed by atoms with Crippen LogP contribution in [0.1, 0.15) is 17.0 Å². The highest BCUT2D eigenvalue weighted by molar-refractivity contribution is 9.09. The average molecular weight is 508 g/mol. The molecule has 29 heavy (non-hydrogen) atoms. The summed E-state index contributed by atoms with van der Waals surface area (Å²) < 4.78 is 44.8. The van der Waals surface area contributed by atoms with E-state index in [0.717, 1.165) is 0 Å². The fraction of sp³-hybridized carbons (Fsp3) is 0.444. The summed E-state index contributed by atoms with van der Waals surface area (Å²) in [5.41, 5.74) is 0.569. The summed E-state index contributed by atoms with van der Waals surface area (Å²) in [6, 6.07) is 5.17. The van der Waals surface area contributed by atoms with Crippen molar-refractivity contribution in [1.82, 2.24) is 4.72 Å². The monoisotopic (exact) mass is 507 g/mol. The van der Waals surface area contributed by atoms with Gasteiger partial charge in [0.2, 0.25) is 25.3 Å². The first-order valence-corrected chi connectivity index (χ1v) is 14.2. The van der Waals surface area contributed by atoms with Crippen molar-refractivity contribution in [3.8, 4) is 34.3 Å². The highest BCUT2D eigenvalue weighted by Gasteiger charge is 2.31. The lowest BCUT2D eigenvalue weighted by Gasteiger charge is -2.20. The van der Waals surface area contributed by atoms with Gasteiger partial charge in [0.1, 0.15) is 11.5 Å². The normalized spacial score (nSPS) is 13.8. The van der Waals surface area contributed by atoms with E-state index < -0.39 is 19.6 Å². The zero-order valence-electron chi connectivity index (χ0n) is 16.9. The van der Waals surface area contributed by atoms with E-state index >= 15 is 0 Å². The molecule has 162 valence electrons. The van der Waals surface area contributed by atoms with Crippen LogP contribution in [0.5, 0.6) is 23.0 Å². The smallest absolute Gasteiger partial charge is 0.242 e. The minimum Gasteiger partial charge on any atom is -0.539 e. The molecule has 0 aliphatic heterocycles. The van der Waals surface area contributed by atoms with E-state index in [-0.39, 0.29) is 28.6 Å². The van der Waals surface area contributed by atoms with Gasteiger partial charge in [0.05, 0.1) is 19.0 Å². The molecule has 0 amide bonds. The number of methoxy groups -OCH3 is 2. The van der Waals surface area contributed by atoms with Crippen LogP contribution in [-0.4, -0.2) is 42.9 Å². The van der Waals surface area contributed by atoms with Gasteiger partial charge >= 0.3 is 0 Å². The van der Waals surface area contributed by atoms with E-state index in [4.69, 9.17) is 22.9 Å². The van der Waals surface area contributed by atoms with Crippen LogP contribution in [0.3, 0.4) is 0 Å². The number of furan rings is 1. The Morgan fingerprint density at radius 3 is 2.28 bits per heavy atom. The second-order valence-corrected chi connectivity index (χ2v) is 13.5. The van der Waals surface area contributed by atoms with Crippen LogP contribution in [0.2, 0.25) is 19.6 Å². The van der Waals surface area contributed by atoms with Gasteiger partial charge in [-0.05, 0) is 38.2 Å². The van der Waals surface area contributed by atoms with Gasteiger partial charge in [-0.15, -0.1) is 0 Å². The number of aromatic hydroxyl groups is 1. The van der Waals surface area contributed by atoms with Gasteiger partial charge in [-0.1, -0.05) is 15.9 Å². The quantitative estimate of drug-likeness (QED) is 0.247. The molecule has 0 aliphatic carbocycles. The van der Waals surface area contributed by atoms with E-state index in [1.807, 2.05) is 19.6 Å². The third-order valence-corrected chi connectivity index (χ3v) is 5.94. The molecule has 0 fully saturated rings. The zero-order valence-corrected chi connectivity index (χ0v) is 20.3. The van der Waals surface area contributed by atoms with Gasteiger partial charge in [0.25, 0.3) is 0 Å². The van der Waals surface area contributed by atoms with Crippen LogP contribution in [0.25, 0.3) is 11.3 Å². The summed E-state index contributed by atoms with van der Waals surface area (Å²) >= 11 is 1.43. The molecule has 2 unspecified atom stereocenters. The standard InChI is InChI=1S/C18H26BrNO7SSi/c1-24-12-8-11(9-13(10-12)25-2)16-15(21)18(27-29(3,4)5)17(26-16)14(19)6-7-20-28(22)23/h8-10,14,20-21H,6-7H2,1-5H3,(H,22,23). The molecular weight excluding hydrogens is 482 g/mol. The maximum atomic E-state index is 10.9. The van der Waals surface area contributed by atoms with Crippen molar-refractivity contribution >= 4 is 35.5 Å². The van der Waals surface area contributed by atoms with Gasteiger partial charge in [0.15, 0.2) is 17.3 Å². The number of halogens is 1. The number of nitrogens with one attached hydrogen (secondary N) is 1. The topological polar surface area (TPSA) is 110 Å². The summed E-state index contributed by atoms with van der Waals surface area (Å²) in [6.45, 7) is 6.25. The molecule has 0 saturated heterocycles. The predicted octanol–water partition coefficient (Wildman–Crippen LogP) is 4.44. The van der Waals surface area contributed by atoms with Gasteiger partial charge in [-0.3, -0.25) is 4.55 Å².